The maximum absolute atomic E-state index is 12.9. The van der Waals surface area contributed by atoms with Gasteiger partial charge in [0.05, 0.1) is 38.2 Å². The first kappa shape index (κ1) is 21.8. The maximum Gasteiger partial charge on any atom is 0.259 e. The van der Waals surface area contributed by atoms with Crippen molar-refractivity contribution in [3.05, 3.63) is 93.5 Å². The highest BCUT2D eigenvalue weighted by Crippen LogP contribution is 2.30. The molecule has 0 aliphatic carbocycles. The number of nitrogens with zero attached hydrogens (tertiary/aromatic N) is 2. The van der Waals surface area contributed by atoms with E-state index in [1.807, 2.05) is 47.4 Å². The number of aromatic nitrogens is 2. The summed E-state index contributed by atoms with van der Waals surface area (Å²) in [6.45, 7) is 2.46. The van der Waals surface area contributed by atoms with Gasteiger partial charge in [-0.15, -0.1) is 6.42 Å². The summed E-state index contributed by atoms with van der Waals surface area (Å²) in [6, 6.07) is 20.1. The molecule has 0 spiro atoms. The summed E-state index contributed by atoms with van der Waals surface area (Å²) in [6.07, 6.45) is 5.62. The maximum atomic E-state index is 12.9. The molecule has 1 atom stereocenters. The molecule has 0 amide bonds. The monoisotopic (exact) mass is 461 g/mol. The molecule has 4 aromatic rings. The quantitative estimate of drug-likeness (QED) is 0.423. The van der Waals surface area contributed by atoms with Crippen LogP contribution in [0.3, 0.4) is 0 Å². The SMILES string of the molecule is C#CCN(Cc1cccc2nc(C)[nH]c(=O)c12)c1ccc(S(=O)c2ccccc2)c(Cl)c1. The van der Waals surface area contributed by atoms with Gasteiger partial charge < -0.3 is 9.88 Å². The molecule has 32 heavy (non-hydrogen) atoms. The summed E-state index contributed by atoms with van der Waals surface area (Å²) < 4.78 is 12.9. The van der Waals surface area contributed by atoms with Crippen molar-refractivity contribution in [2.75, 3.05) is 11.4 Å². The van der Waals surface area contributed by atoms with Crippen LogP contribution in [-0.4, -0.2) is 20.7 Å². The number of anilines is 1. The van der Waals surface area contributed by atoms with Crippen molar-refractivity contribution in [1.29, 1.82) is 0 Å². The molecule has 5 nitrogen and oxygen atoms in total. The normalized spacial score (nSPS) is 11.8. The average Bonchev–Trinajstić information content (AvgIpc) is 2.78. The van der Waals surface area contributed by atoms with Gasteiger partial charge in [0.15, 0.2) is 0 Å². The van der Waals surface area contributed by atoms with Gasteiger partial charge in [-0.3, -0.25) is 4.79 Å². The Labute approximate surface area is 193 Å². The third kappa shape index (κ3) is 4.45. The molecule has 0 saturated heterocycles. The lowest BCUT2D eigenvalue weighted by atomic mass is 10.1. The highest BCUT2D eigenvalue weighted by atomic mass is 35.5. The van der Waals surface area contributed by atoms with Crippen molar-refractivity contribution < 1.29 is 4.21 Å². The van der Waals surface area contributed by atoms with E-state index in [-0.39, 0.29) is 5.56 Å². The van der Waals surface area contributed by atoms with Gasteiger partial charge in [-0.2, -0.15) is 0 Å². The first-order chi connectivity index (χ1) is 15.5. The summed E-state index contributed by atoms with van der Waals surface area (Å²) >= 11 is 6.52. The minimum Gasteiger partial charge on any atom is -0.356 e. The number of nitrogens with one attached hydrogen (secondary N) is 1. The van der Waals surface area contributed by atoms with Gasteiger partial charge in [0.25, 0.3) is 5.56 Å². The molecule has 1 heterocycles. The zero-order valence-corrected chi connectivity index (χ0v) is 18.9. The molecule has 0 fully saturated rings. The Kier molecular flexibility index (Phi) is 6.40. The van der Waals surface area contributed by atoms with Gasteiger partial charge in [0, 0.05) is 17.1 Å². The van der Waals surface area contributed by atoms with E-state index in [0.717, 1.165) is 11.3 Å². The highest BCUT2D eigenvalue weighted by Gasteiger charge is 2.16. The standard InChI is InChI=1S/C25H20ClN3O2S/c1-3-14-29(16-18-8-7-11-22-24(18)25(30)28-17(2)27-22)19-12-13-23(21(26)15-19)32(31)20-9-5-4-6-10-20/h1,4-13,15H,14,16H2,2H3,(H,27,28,30). The Hall–Kier alpha value is -3.40. The molecule has 1 N–H and O–H groups in total. The summed E-state index contributed by atoms with van der Waals surface area (Å²) in [5.74, 6) is 3.23. The summed E-state index contributed by atoms with van der Waals surface area (Å²) in [4.78, 5) is 22.9. The van der Waals surface area contributed by atoms with Crippen LogP contribution in [0.15, 0.2) is 81.3 Å². The molecule has 160 valence electrons. The average molecular weight is 462 g/mol. The highest BCUT2D eigenvalue weighted by molar-refractivity contribution is 7.85. The van der Waals surface area contributed by atoms with E-state index in [2.05, 4.69) is 15.9 Å². The zero-order chi connectivity index (χ0) is 22.7. The molecule has 3 aromatic carbocycles. The van der Waals surface area contributed by atoms with E-state index in [1.165, 1.54) is 0 Å². The van der Waals surface area contributed by atoms with Crippen LogP contribution in [0.2, 0.25) is 5.02 Å². The minimum absolute atomic E-state index is 0.185. The summed E-state index contributed by atoms with van der Waals surface area (Å²) in [5, 5.41) is 0.924. The number of aryl methyl sites for hydroxylation is 1. The molecule has 4 rings (SSSR count). The Morgan fingerprint density at radius 2 is 1.91 bits per heavy atom. The Morgan fingerprint density at radius 1 is 1.12 bits per heavy atom. The Morgan fingerprint density at radius 3 is 2.62 bits per heavy atom. The smallest absolute Gasteiger partial charge is 0.259 e. The third-order valence-corrected chi connectivity index (χ3v) is 6.90. The summed E-state index contributed by atoms with van der Waals surface area (Å²) in [5.41, 5.74) is 2.03. The van der Waals surface area contributed by atoms with E-state index in [1.54, 1.807) is 31.2 Å². The van der Waals surface area contributed by atoms with E-state index >= 15 is 0 Å². The number of halogens is 1. The molecule has 0 aliphatic heterocycles. The lowest BCUT2D eigenvalue weighted by Crippen LogP contribution is -2.24. The molecule has 0 saturated carbocycles. The third-order valence-electron chi connectivity index (χ3n) is 5.02. The first-order valence-corrected chi connectivity index (χ1v) is 11.4. The van der Waals surface area contributed by atoms with Crippen molar-refractivity contribution in [2.24, 2.45) is 0 Å². The summed E-state index contributed by atoms with van der Waals surface area (Å²) in [7, 11) is -1.39. The fraction of sp³-hybridized carbons (Fsp3) is 0.120. The van der Waals surface area contributed by atoms with Gasteiger partial charge in [0.1, 0.15) is 5.82 Å². The molecule has 0 radical (unpaired) electrons. The van der Waals surface area contributed by atoms with Crippen molar-refractivity contribution in [3.63, 3.8) is 0 Å². The van der Waals surface area contributed by atoms with Crippen molar-refractivity contribution in [2.45, 2.75) is 23.3 Å². The van der Waals surface area contributed by atoms with Crippen LogP contribution in [-0.2, 0) is 17.3 Å². The number of fused-ring (bicyclic) bond motifs is 1. The van der Waals surface area contributed by atoms with Crippen LogP contribution in [0.25, 0.3) is 10.9 Å². The first-order valence-electron chi connectivity index (χ1n) is 9.91. The van der Waals surface area contributed by atoms with Crippen LogP contribution in [0, 0.1) is 19.3 Å². The van der Waals surface area contributed by atoms with Crippen molar-refractivity contribution in [1.82, 2.24) is 9.97 Å². The molecule has 0 aliphatic rings. The number of benzene rings is 3. The number of terminal acetylenes is 1. The van der Waals surface area contributed by atoms with Gasteiger partial charge in [-0.1, -0.05) is 47.9 Å². The second kappa shape index (κ2) is 9.39. The number of rotatable bonds is 6. The zero-order valence-electron chi connectivity index (χ0n) is 17.3. The van der Waals surface area contributed by atoms with E-state index in [0.29, 0.717) is 44.6 Å². The largest absolute Gasteiger partial charge is 0.356 e. The lowest BCUT2D eigenvalue weighted by Gasteiger charge is -2.24. The number of H-pyrrole nitrogens is 1. The molecule has 1 unspecified atom stereocenters. The predicted octanol–water partition coefficient (Wildman–Crippen LogP) is 4.69. The molecular weight excluding hydrogens is 442 g/mol. The van der Waals surface area contributed by atoms with Gasteiger partial charge >= 0.3 is 0 Å². The molecule has 7 heteroatoms. The topological polar surface area (TPSA) is 66.1 Å². The Bertz CT molecular complexity index is 1410. The Balaban J connectivity index is 1.69. The van der Waals surface area contributed by atoms with Crippen LogP contribution < -0.4 is 10.5 Å². The fourth-order valence-electron chi connectivity index (χ4n) is 3.57. The van der Waals surface area contributed by atoms with Crippen LogP contribution in [0.1, 0.15) is 11.4 Å². The predicted molar refractivity (Wildman–Crippen MR) is 130 cm³/mol. The molecule has 1 aromatic heterocycles. The van der Waals surface area contributed by atoms with Crippen molar-refractivity contribution in [3.8, 4) is 12.3 Å². The fourth-order valence-corrected chi connectivity index (χ4v) is 5.04. The number of aromatic amines is 1. The second-order valence-corrected chi connectivity index (χ2v) is 9.08. The van der Waals surface area contributed by atoms with Crippen LogP contribution in [0.5, 0.6) is 0 Å². The molecular formula is C25H20ClN3O2S. The van der Waals surface area contributed by atoms with Gasteiger partial charge in [-0.25, -0.2) is 9.19 Å². The van der Waals surface area contributed by atoms with Crippen LogP contribution >= 0.6 is 11.6 Å². The van der Waals surface area contributed by atoms with Crippen molar-refractivity contribution >= 4 is 39.0 Å². The second-order valence-electron chi connectivity index (χ2n) is 7.22. The lowest BCUT2D eigenvalue weighted by molar-refractivity contribution is 0.683. The van der Waals surface area contributed by atoms with Crippen LogP contribution in [0.4, 0.5) is 5.69 Å². The number of hydrogen-bond donors (Lipinski definition) is 1. The number of hydrogen-bond acceptors (Lipinski definition) is 4. The van der Waals surface area contributed by atoms with Gasteiger partial charge in [0.2, 0.25) is 0 Å². The molecule has 0 bridgehead atoms. The van der Waals surface area contributed by atoms with E-state index < -0.39 is 10.8 Å². The minimum atomic E-state index is -1.39. The van der Waals surface area contributed by atoms with Gasteiger partial charge in [-0.05, 0) is 48.9 Å². The van der Waals surface area contributed by atoms with E-state index in [4.69, 9.17) is 18.0 Å². The van der Waals surface area contributed by atoms with E-state index in [9.17, 15) is 9.00 Å².